The largest absolute Gasteiger partial charge is 0.290 e. The van der Waals surface area contributed by atoms with Crippen molar-refractivity contribution < 1.29 is 0 Å². The molecule has 4 heteroatoms. The molecule has 3 heterocycles. The number of hydrogen-bond acceptors (Lipinski definition) is 4. The molecule has 1 atom stereocenters. The topological polar surface area (TPSA) is 29.0 Å². The monoisotopic (exact) mass is 259 g/mol. The second-order valence-corrected chi connectivity index (χ2v) is 5.83. The summed E-state index contributed by atoms with van der Waals surface area (Å²) in [6, 6.07) is 4.78. The second kappa shape index (κ2) is 5.16. The van der Waals surface area contributed by atoms with Crippen LogP contribution in [0, 0.1) is 6.92 Å². The molecule has 0 amide bonds. The third-order valence-corrected chi connectivity index (χ3v) is 4.28. The third-order valence-electron chi connectivity index (χ3n) is 3.42. The average Bonchev–Trinajstić information content (AvgIpc) is 3.01. The normalized spacial score (nSPS) is 20.4. The SMILES string of the molecule is Cc1cncc([C@H]2CCCN2Cc2cccs2)n1. The Morgan fingerprint density at radius 2 is 2.39 bits per heavy atom. The Kier molecular flexibility index (Phi) is 3.39. The molecule has 2 aromatic heterocycles. The quantitative estimate of drug-likeness (QED) is 0.847. The van der Waals surface area contributed by atoms with Crippen LogP contribution in [0.25, 0.3) is 0 Å². The summed E-state index contributed by atoms with van der Waals surface area (Å²) >= 11 is 1.83. The molecule has 0 aliphatic carbocycles. The van der Waals surface area contributed by atoms with Crippen molar-refractivity contribution in [2.24, 2.45) is 0 Å². The highest BCUT2D eigenvalue weighted by molar-refractivity contribution is 7.09. The lowest BCUT2D eigenvalue weighted by Gasteiger charge is -2.23. The molecule has 2 aromatic rings. The lowest BCUT2D eigenvalue weighted by Crippen LogP contribution is -2.23. The first-order valence-electron chi connectivity index (χ1n) is 6.38. The molecule has 1 fully saturated rings. The Hall–Kier alpha value is -1.26. The van der Waals surface area contributed by atoms with Gasteiger partial charge in [0.2, 0.25) is 0 Å². The van der Waals surface area contributed by atoms with Crippen LogP contribution in [0.2, 0.25) is 0 Å². The summed E-state index contributed by atoms with van der Waals surface area (Å²) < 4.78 is 0. The van der Waals surface area contributed by atoms with E-state index in [1.165, 1.54) is 17.7 Å². The van der Waals surface area contributed by atoms with Crippen LogP contribution in [0.5, 0.6) is 0 Å². The summed E-state index contributed by atoms with van der Waals surface area (Å²) in [6.07, 6.45) is 6.20. The van der Waals surface area contributed by atoms with Crippen molar-refractivity contribution in [3.8, 4) is 0 Å². The fraction of sp³-hybridized carbons (Fsp3) is 0.429. The van der Waals surface area contributed by atoms with E-state index in [0.717, 1.165) is 24.5 Å². The van der Waals surface area contributed by atoms with Crippen LogP contribution in [0.4, 0.5) is 0 Å². The number of hydrogen-bond donors (Lipinski definition) is 0. The van der Waals surface area contributed by atoms with E-state index >= 15 is 0 Å². The van der Waals surface area contributed by atoms with Crippen molar-refractivity contribution in [3.63, 3.8) is 0 Å². The molecule has 0 saturated carbocycles. The fourth-order valence-corrected chi connectivity index (χ4v) is 3.33. The van der Waals surface area contributed by atoms with Gasteiger partial charge in [0.05, 0.1) is 17.4 Å². The van der Waals surface area contributed by atoms with Crippen LogP contribution in [0.3, 0.4) is 0 Å². The van der Waals surface area contributed by atoms with Gasteiger partial charge in [0.15, 0.2) is 0 Å². The van der Waals surface area contributed by atoms with Gasteiger partial charge >= 0.3 is 0 Å². The van der Waals surface area contributed by atoms with Crippen LogP contribution in [-0.2, 0) is 6.54 Å². The van der Waals surface area contributed by atoms with Gasteiger partial charge in [0, 0.05) is 23.8 Å². The van der Waals surface area contributed by atoms with Gasteiger partial charge in [-0.3, -0.25) is 14.9 Å². The number of aromatic nitrogens is 2. The van der Waals surface area contributed by atoms with E-state index in [1.807, 2.05) is 30.7 Å². The Morgan fingerprint density at radius 3 is 3.17 bits per heavy atom. The molecule has 94 valence electrons. The number of likely N-dealkylation sites (tertiary alicyclic amines) is 1. The highest BCUT2D eigenvalue weighted by Gasteiger charge is 2.27. The minimum atomic E-state index is 0.444. The molecule has 1 aliphatic heterocycles. The summed E-state index contributed by atoms with van der Waals surface area (Å²) in [5, 5.41) is 2.15. The molecule has 18 heavy (non-hydrogen) atoms. The van der Waals surface area contributed by atoms with Crippen molar-refractivity contribution >= 4 is 11.3 Å². The molecule has 0 N–H and O–H groups in total. The number of rotatable bonds is 3. The number of nitrogens with zero attached hydrogens (tertiary/aromatic N) is 3. The van der Waals surface area contributed by atoms with E-state index in [-0.39, 0.29) is 0 Å². The first-order chi connectivity index (χ1) is 8.83. The lowest BCUT2D eigenvalue weighted by atomic mass is 10.1. The number of aryl methyl sites for hydroxylation is 1. The minimum Gasteiger partial charge on any atom is -0.290 e. The highest BCUT2D eigenvalue weighted by Crippen LogP contribution is 2.32. The van der Waals surface area contributed by atoms with E-state index in [0.29, 0.717) is 6.04 Å². The summed E-state index contributed by atoms with van der Waals surface area (Å²) in [6.45, 7) is 4.21. The zero-order valence-corrected chi connectivity index (χ0v) is 11.4. The maximum atomic E-state index is 4.63. The molecule has 1 saturated heterocycles. The van der Waals surface area contributed by atoms with Crippen molar-refractivity contribution in [3.05, 3.63) is 46.2 Å². The van der Waals surface area contributed by atoms with Crippen molar-refractivity contribution in [2.45, 2.75) is 32.4 Å². The summed E-state index contributed by atoms with van der Waals surface area (Å²) in [5.41, 5.74) is 2.14. The predicted molar refractivity (Wildman–Crippen MR) is 73.5 cm³/mol. The molecule has 0 unspecified atom stereocenters. The molecule has 0 bridgehead atoms. The van der Waals surface area contributed by atoms with Crippen LogP contribution < -0.4 is 0 Å². The van der Waals surface area contributed by atoms with Crippen LogP contribution in [0.15, 0.2) is 29.9 Å². The Bertz CT molecular complexity index is 510. The Balaban J connectivity index is 1.79. The number of thiophene rings is 1. The van der Waals surface area contributed by atoms with Gasteiger partial charge in [-0.05, 0) is 37.8 Å². The van der Waals surface area contributed by atoms with E-state index in [1.54, 1.807) is 0 Å². The van der Waals surface area contributed by atoms with Gasteiger partial charge in [-0.15, -0.1) is 11.3 Å². The van der Waals surface area contributed by atoms with Gasteiger partial charge in [-0.1, -0.05) is 6.07 Å². The standard InChI is InChI=1S/C14H17N3S/c1-11-8-15-9-13(16-11)14-5-2-6-17(14)10-12-4-3-7-18-12/h3-4,7-9,14H,2,5-6,10H2,1H3/t14-/m1/s1. The molecule has 3 nitrogen and oxygen atoms in total. The second-order valence-electron chi connectivity index (χ2n) is 4.79. The lowest BCUT2D eigenvalue weighted by molar-refractivity contribution is 0.246. The van der Waals surface area contributed by atoms with Gasteiger partial charge in [0.25, 0.3) is 0 Å². The molecule has 0 aromatic carbocycles. The van der Waals surface area contributed by atoms with Gasteiger partial charge < -0.3 is 0 Å². The zero-order chi connectivity index (χ0) is 12.4. The van der Waals surface area contributed by atoms with Gasteiger partial charge in [0.1, 0.15) is 0 Å². The maximum absolute atomic E-state index is 4.63. The minimum absolute atomic E-state index is 0.444. The van der Waals surface area contributed by atoms with Crippen molar-refractivity contribution in [1.29, 1.82) is 0 Å². The summed E-state index contributed by atoms with van der Waals surface area (Å²) in [7, 11) is 0. The van der Waals surface area contributed by atoms with Gasteiger partial charge in [-0.2, -0.15) is 0 Å². The van der Waals surface area contributed by atoms with Crippen LogP contribution >= 0.6 is 11.3 Å². The van der Waals surface area contributed by atoms with E-state index in [4.69, 9.17) is 0 Å². The molecule has 0 radical (unpaired) electrons. The van der Waals surface area contributed by atoms with Crippen molar-refractivity contribution in [1.82, 2.24) is 14.9 Å². The van der Waals surface area contributed by atoms with E-state index in [9.17, 15) is 0 Å². The molecule has 1 aliphatic rings. The molecule has 0 spiro atoms. The fourth-order valence-electron chi connectivity index (χ4n) is 2.60. The molecular weight excluding hydrogens is 242 g/mol. The Morgan fingerprint density at radius 1 is 1.44 bits per heavy atom. The Labute approximate surface area is 112 Å². The molecular formula is C14H17N3S. The van der Waals surface area contributed by atoms with Crippen LogP contribution in [0.1, 0.15) is 35.1 Å². The first kappa shape index (κ1) is 11.8. The highest BCUT2D eigenvalue weighted by atomic mass is 32.1. The predicted octanol–water partition coefficient (Wildman–Crippen LogP) is 3.18. The van der Waals surface area contributed by atoms with Gasteiger partial charge in [-0.25, -0.2) is 0 Å². The van der Waals surface area contributed by atoms with E-state index < -0.39 is 0 Å². The average molecular weight is 259 g/mol. The summed E-state index contributed by atoms with van der Waals surface area (Å²) in [5.74, 6) is 0. The van der Waals surface area contributed by atoms with Crippen molar-refractivity contribution in [2.75, 3.05) is 6.54 Å². The molecule has 3 rings (SSSR count). The maximum Gasteiger partial charge on any atom is 0.0761 e. The summed E-state index contributed by atoms with van der Waals surface area (Å²) in [4.78, 5) is 12.9. The van der Waals surface area contributed by atoms with Crippen LogP contribution in [-0.4, -0.2) is 21.4 Å². The van der Waals surface area contributed by atoms with E-state index in [2.05, 4.69) is 32.4 Å². The smallest absolute Gasteiger partial charge is 0.0761 e. The zero-order valence-electron chi connectivity index (χ0n) is 10.5. The third kappa shape index (κ3) is 2.44. The first-order valence-corrected chi connectivity index (χ1v) is 7.26.